The normalized spacial score (nSPS) is 12.2. The van der Waals surface area contributed by atoms with E-state index in [4.69, 9.17) is 5.11 Å². The fourth-order valence-electron chi connectivity index (χ4n) is 1.49. The Balaban J connectivity index is 2.89. The van der Waals surface area contributed by atoms with Gasteiger partial charge in [-0.15, -0.1) is 0 Å². The van der Waals surface area contributed by atoms with E-state index in [2.05, 4.69) is 5.32 Å². The van der Waals surface area contributed by atoms with Crippen LogP contribution in [0.1, 0.15) is 5.56 Å². The summed E-state index contributed by atoms with van der Waals surface area (Å²) >= 11 is 0. The highest BCUT2D eigenvalue weighted by atomic mass is 32.2. The lowest BCUT2D eigenvalue weighted by Gasteiger charge is -2.16. The monoisotopic (exact) mass is 298 g/mol. The Bertz CT molecular complexity index is 579. The van der Waals surface area contributed by atoms with E-state index >= 15 is 0 Å². The third-order valence-electron chi connectivity index (χ3n) is 2.68. The second-order valence-corrected chi connectivity index (χ2v) is 6.22. The van der Waals surface area contributed by atoms with Gasteiger partial charge in [-0.1, -0.05) is 12.1 Å². The number of hydrogen-bond acceptors (Lipinski definition) is 4. The van der Waals surface area contributed by atoms with Crippen LogP contribution in [0.15, 0.2) is 35.2 Å². The molecule has 2 N–H and O–H groups in total. The lowest BCUT2D eigenvalue weighted by atomic mass is 10.2. The molecule has 1 aromatic carbocycles. The van der Waals surface area contributed by atoms with Crippen LogP contribution in [0.5, 0.6) is 0 Å². The molecule has 0 atom stereocenters. The molecule has 0 fully saturated rings. The number of sulfonamides is 1. The first kappa shape index (κ1) is 16.4. The topological polar surface area (TPSA) is 86.7 Å². The Kier molecular flexibility index (Phi) is 5.87. The minimum absolute atomic E-state index is 0.184. The summed E-state index contributed by atoms with van der Waals surface area (Å²) in [5.74, 6) is -1.05. The summed E-state index contributed by atoms with van der Waals surface area (Å²) in [6.07, 6.45) is 2.41. The zero-order chi connectivity index (χ0) is 15.2. The summed E-state index contributed by atoms with van der Waals surface area (Å²) in [5.41, 5.74) is 0.629. The third-order valence-corrected chi connectivity index (χ3v) is 4.55. The fraction of sp³-hybridized carbons (Fsp3) is 0.308. The van der Waals surface area contributed by atoms with Crippen LogP contribution < -0.4 is 5.32 Å². The van der Waals surface area contributed by atoms with Crippen LogP contribution in [0, 0.1) is 0 Å². The third kappa shape index (κ3) is 4.44. The van der Waals surface area contributed by atoms with Crippen molar-refractivity contribution in [1.29, 1.82) is 0 Å². The average molecular weight is 298 g/mol. The zero-order valence-electron chi connectivity index (χ0n) is 11.4. The number of hydrogen-bond donors (Lipinski definition) is 2. The molecule has 0 saturated heterocycles. The van der Waals surface area contributed by atoms with Crippen molar-refractivity contribution in [1.82, 2.24) is 9.62 Å². The highest BCUT2D eigenvalue weighted by Gasteiger charge is 2.19. The van der Waals surface area contributed by atoms with E-state index in [1.807, 2.05) is 0 Å². The van der Waals surface area contributed by atoms with Gasteiger partial charge in [-0.2, -0.15) is 4.31 Å². The number of carboxylic acids is 1. The van der Waals surface area contributed by atoms with E-state index in [1.54, 1.807) is 19.2 Å². The number of carboxylic acid groups (broad SMARTS) is 1. The van der Waals surface area contributed by atoms with Crippen molar-refractivity contribution >= 4 is 22.1 Å². The van der Waals surface area contributed by atoms with Gasteiger partial charge in [-0.05, 0) is 30.8 Å². The number of likely N-dealkylation sites (N-methyl/N-ethyl adjacent to an activating group) is 2. The molecule has 0 unspecified atom stereocenters. The summed E-state index contributed by atoms with van der Waals surface area (Å²) in [6, 6.07) is 6.07. The van der Waals surface area contributed by atoms with E-state index in [-0.39, 0.29) is 4.90 Å². The molecule has 0 aliphatic carbocycles. The summed E-state index contributed by atoms with van der Waals surface area (Å²) in [7, 11) is -0.234. The zero-order valence-corrected chi connectivity index (χ0v) is 12.2. The first-order chi connectivity index (χ1) is 9.37. The van der Waals surface area contributed by atoms with E-state index in [1.165, 1.54) is 29.6 Å². The number of carbonyl (C=O) groups is 1. The summed E-state index contributed by atoms with van der Waals surface area (Å²) in [5, 5.41) is 11.4. The molecule has 20 heavy (non-hydrogen) atoms. The summed E-state index contributed by atoms with van der Waals surface area (Å²) in [4.78, 5) is 10.6. The predicted molar refractivity (Wildman–Crippen MR) is 76.9 cm³/mol. The highest BCUT2D eigenvalue weighted by Crippen LogP contribution is 2.15. The summed E-state index contributed by atoms with van der Waals surface area (Å²) in [6.45, 7) is 0.939. The molecule has 0 bridgehead atoms. The molecule has 0 aliphatic heterocycles. The lowest BCUT2D eigenvalue weighted by molar-refractivity contribution is -0.131. The number of nitrogens with zero attached hydrogens (tertiary/aromatic N) is 1. The minimum atomic E-state index is -3.51. The highest BCUT2D eigenvalue weighted by molar-refractivity contribution is 7.89. The molecule has 0 aliphatic rings. The van der Waals surface area contributed by atoms with Gasteiger partial charge in [0.05, 0.1) is 4.90 Å². The molecule has 0 amide bonds. The second kappa shape index (κ2) is 7.18. The van der Waals surface area contributed by atoms with Gasteiger partial charge in [0.15, 0.2) is 0 Å². The van der Waals surface area contributed by atoms with Crippen LogP contribution in [-0.4, -0.2) is 51.0 Å². The van der Waals surface area contributed by atoms with Crippen molar-refractivity contribution in [2.45, 2.75) is 4.90 Å². The number of nitrogens with one attached hydrogen (secondary N) is 1. The Morgan fingerprint density at radius 1 is 1.35 bits per heavy atom. The quantitative estimate of drug-likeness (QED) is 0.721. The van der Waals surface area contributed by atoms with Gasteiger partial charge in [0.2, 0.25) is 10.0 Å². The van der Waals surface area contributed by atoms with Crippen LogP contribution >= 0.6 is 0 Å². The molecule has 0 heterocycles. The standard InChI is InChI=1S/C13H18N2O4S/c1-14-9-10-15(2)20(18,19)12-6-3-11(4-7-12)5-8-13(16)17/h3-8,14H,9-10H2,1-2H3,(H,16,17). The van der Waals surface area contributed by atoms with Gasteiger partial charge in [-0.25, -0.2) is 13.2 Å². The van der Waals surface area contributed by atoms with Crippen LogP contribution in [0.25, 0.3) is 6.08 Å². The van der Waals surface area contributed by atoms with Gasteiger partial charge in [0, 0.05) is 26.2 Å². The largest absolute Gasteiger partial charge is 0.478 e. The lowest BCUT2D eigenvalue weighted by Crippen LogP contribution is -2.32. The van der Waals surface area contributed by atoms with Gasteiger partial charge >= 0.3 is 5.97 Å². The Labute approximate surface area is 118 Å². The molecule has 0 radical (unpaired) electrons. The van der Waals surface area contributed by atoms with Gasteiger partial charge in [0.1, 0.15) is 0 Å². The minimum Gasteiger partial charge on any atom is -0.478 e. The predicted octanol–water partition coefficient (Wildman–Crippen LogP) is 0.624. The first-order valence-corrected chi connectivity index (χ1v) is 7.44. The molecule has 0 saturated carbocycles. The first-order valence-electron chi connectivity index (χ1n) is 6.00. The van der Waals surface area contributed by atoms with Crippen molar-refractivity contribution in [3.8, 4) is 0 Å². The average Bonchev–Trinajstić information content (AvgIpc) is 2.42. The Hall–Kier alpha value is -1.70. The molecule has 1 aromatic rings. The number of rotatable bonds is 7. The maximum atomic E-state index is 12.2. The Morgan fingerprint density at radius 2 is 1.95 bits per heavy atom. The van der Waals surface area contributed by atoms with E-state index < -0.39 is 16.0 Å². The van der Waals surface area contributed by atoms with E-state index in [0.717, 1.165) is 6.08 Å². The van der Waals surface area contributed by atoms with Crippen molar-refractivity contribution < 1.29 is 18.3 Å². The van der Waals surface area contributed by atoms with Gasteiger partial charge < -0.3 is 10.4 Å². The van der Waals surface area contributed by atoms with Crippen molar-refractivity contribution in [3.05, 3.63) is 35.9 Å². The molecule has 6 nitrogen and oxygen atoms in total. The molecule has 0 spiro atoms. The van der Waals surface area contributed by atoms with Crippen LogP contribution in [0.3, 0.4) is 0 Å². The maximum Gasteiger partial charge on any atom is 0.328 e. The van der Waals surface area contributed by atoms with Crippen LogP contribution in [-0.2, 0) is 14.8 Å². The number of aliphatic carboxylic acids is 1. The fourth-order valence-corrected chi connectivity index (χ4v) is 2.66. The molecule has 0 aromatic heterocycles. The smallest absolute Gasteiger partial charge is 0.328 e. The SMILES string of the molecule is CNCCN(C)S(=O)(=O)c1ccc(C=CC(=O)O)cc1. The second-order valence-electron chi connectivity index (χ2n) is 4.17. The molecular formula is C13H18N2O4S. The molecule has 7 heteroatoms. The molecule has 1 rings (SSSR count). The van der Waals surface area contributed by atoms with E-state index in [9.17, 15) is 13.2 Å². The van der Waals surface area contributed by atoms with Crippen molar-refractivity contribution in [3.63, 3.8) is 0 Å². The van der Waals surface area contributed by atoms with Gasteiger partial charge in [-0.3, -0.25) is 0 Å². The van der Waals surface area contributed by atoms with Crippen molar-refractivity contribution in [2.24, 2.45) is 0 Å². The van der Waals surface area contributed by atoms with Crippen molar-refractivity contribution in [2.75, 3.05) is 27.2 Å². The molecular weight excluding hydrogens is 280 g/mol. The van der Waals surface area contributed by atoms with Gasteiger partial charge in [0.25, 0.3) is 0 Å². The van der Waals surface area contributed by atoms with E-state index in [0.29, 0.717) is 18.7 Å². The molecule has 110 valence electrons. The van der Waals surface area contributed by atoms with Crippen LogP contribution in [0.2, 0.25) is 0 Å². The van der Waals surface area contributed by atoms with Crippen LogP contribution in [0.4, 0.5) is 0 Å². The maximum absolute atomic E-state index is 12.2. The Morgan fingerprint density at radius 3 is 2.45 bits per heavy atom. The number of benzene rings is 1. The summed E-state index contributed by atoms with van der Waals surface area (Å²) < 4.78 is 25.7.